The van der Waals surface area contributed by atoms with E-state index in [9.17, 15) is 14.4 Å². The minimum absolute atomic E-state index is 0.132. The molecule has 2 N–H and O–H groups in total. The van der Waals surface area contributed by atoms with E-state index in [0.717, 1.165) is 0 Å². The second-order valence-corrected chi connectivity index (χ2v) is 3.36. The Morgan fingerprint density at radius 1 is 1.13 bits per heavy atom. The van der Waals surface area contributed by atoms with Crippen molar-refractivity contribution >= 4 is 64.2 Å². The van der Waals surface area contributed by atoms with E-state index in [2.05, 4.69) is 16.5 Å². The fraction of sp³-hybridized carbons (Fsp3) is 0.500. The van der Waals surface area contributed by atoms with Crippen LogP contribution in [0.15, 0.2) is 0 Å². The number of amides is 2. The van der Waals surface area contributed by atoms with Crippen LogP contribution in [0.25, 0.3) is 0 Å². The SMILES string of the molecule is O=CC(COC(=O)NI)COC(=O)NI. The van der Waals surface area contributed by atoms with Gasteiger partial charge in [0.1, 0.15) is 19.5 Å². The molecule has 0 unspecified atom stereocenters. The van der Waals surface area contributed by atoms with Gasteiger partial charge in [0.25, 0.3) is 0 Å². The van der Waals surface area contributed by atoms with Gasteiger partial charge in [0.05, 0.1) is 51.6 Å². The molecule has 0 aliphatic carbocycles. The van der Waals surface area contributed by atoms with Crippen molar-refractivity contribution in [2.75, 3.05) is 13.2 Å². The van der Waals surface area contributed by atoms with Gasteiger partial charge in [-0.25, -0.2) is 9.59 Å². The number of aldehydes is 1. The Balaban J connectivity index is 3.78. The van der Waals surface area contributed by atoms with E-state index in [-0.39, 0.29) is 13.2 Å². The van der Waals surface area contributed by atoms with Crippen molar-refractivity contribution in [1.82, 2.24) is 7.06 Å². The second kappa shape index (κ2) is 8.94. The molecule has 7 nitrogen and oxygen atoms in total. The Morgan fingerprint density at radius 2 is 1.53 bits per heavy atom. The van der Waals surface area contributed by atoms with E-state index in [1.165, 1.54) is 0 Å². The van der Waals surface area contributed by atoms with Crippen LogP contribution in [0.4, 0.5) is 9.59 Å². The first-order valence-corrected chi connectivity index (χ1v) is 5.81. The Hall–Kier alpha value is -0.330. The molecule has 9 heteroatoms. The standard InChI is InChI=1S/C6H8I2N2O5/c7-9-5(12)14-2-4(1-11)3-15-6(13)10-8/h1,4H,2-3H2,(H,9,12)(H,10,13). The van der Waals surface area contributed by atoms with Crippen LogP contribution in [0.2, 0.25) is 0 Å². The maximum atomic E-state index is 10.6. The summed E-state index contributed by atoms with van der Waals surface area (Å²) in [6.45, 7) is -0.264. The zero-order valence-electron chi connectivity index (χ0n) is 7.37. The molecule has 0 rings (SSSR count). The van der Waals surface area contributed by atoms with Gasteiger partial charge in [0, 0.05) is 0 Å². The van der Waals surface area contributed by atoms with Gasteiger partial charge in [-0.05, 0) is 0 Å². The average Bonchev–Trinajstić information content (AvgIpc) is 2.28. The molecule has 0 aromatic heterocycles. The Labute approximate surface area is 114 Å². The highest BCUT2D eigenvalue weighted by molar-refractivity contribution is 14.1. The van der Waals surface area contributed by atoms with Gasteiger partial charge in [0.2, 0.25) is 0 Å². The Morgan fingerprint density at radius 3 is 1.80 bits per heavy atom. The van der Waals surface area contributed by atoms with Gasteiger partial charge in [-0.1, -0.05) is 0 Å². The highest BCUT2D eigenvalue weighted by Gasteiger charge is 2.13. The summed E-state index contributed by atoms with van der Waals surface area (Å²) < 4.78 is 13.6. The number of carbonyl (C=O) groups excluding carboxylic acids is 3. The fourth-order valence-electron chi connectivity index (χ4n) is 0.547. The minimum Gasteiger partial charge on any atom is -0.448 e. The number of rotatable bonds is 5. The summed E-state index contributed by atoms with van der Waals surface area (Å²) >= 11 is 3.20. The monoisotopic (exact) mass is 442 g/mol. The van der Waals surface area contributed by atoms with Crippen LogP contribution in [-0.4, -0.2) is 31.7 Å². The van der Waals surface area contributed by atoms with Gasteiger partial charge in [-0.2, -0.15) is 0 Å². The van der Waals surface area contributed by atoms with Crippen molar-refractivity contribution in [3.63, 3.8) is 0 Å². The van der Waals surface area contributed by atoms with Crippen LogP contribution in [0.1, 0.15) is 0 Å². The summed E-state index contributed by atoms with van der Waals surface area (Å²) in [6.07, 6.45) is -0.748. The van der Waals surface area contributed by atoms with Crippen molar-refractivity contribution < 1.29 is 23.9 Å². The third-order valence-corrected chi connectivity index (χ3v) is 2.08. The summed E-state index contributed by atoms with van der Waals surface area (Å²) in [4.78, 5) is 31.8. The van der Waals surface area contributed by atoms with Gasteiger partial charge in [-0.3, -0.25) is 7.06 Å². The number of halogens is 2. The Kier molecular flexibility index (Phi) is 8.74. The van der Waals surface area contributed by atoms with Crippen LogP contribution in [0, 0.1) is 5.92 Å². The zero-order valence-corrected chi connectivity index (χ0v) is 11.7. The molecule has 0 heterocycles. The lowest BCUT2D eigenvalue weighted by molar-refractivity contribution is -0.113. The molecule has 0 atom stereocenters. The van der Waals surface area contributed by atoms with Gasteiger partial charge in [-0.15, -0.1) is 0 Å². The maximum Gasteiger partial charge on any atom is 0.415 e. The van der Waals surface area contributed by atoms with E-state index in [1.54, 1.807) is 45.7 Å². The highest BCUT2D eigenvalue weighted by Crippen LogP contribution is 1.97. The van der Waals surface area contributed by atoms with E-state index >= 15 is 0 Å². The molecule has 0 bridgehead atoms. The van der Waals surface area contributed by atoms with Crippen LogP contribution >= 0.6 is 45.7 Å². The summed E-state index contributed by atoms with van der Waals surface area (Å²) in [7, 11) is 0. The molecule has 0 aliphatic rings. The first-order valence-electron chi connectivity index (χ1n) is 3.66. The molecule has 0 saturated heterocycles. The summed E-state index contributed by atoms with van der Waals surface area (Å²) in [5.74, 6) is -0.660. The topological polar surface area (TPSA) is 93.7 Å². The number of hydrogen-bond acceptors (Lipinski definition) is 5. The molecule has 0 aromatic carbocycles. The molecular weight excluding hydrogens is 434 g/mol. The number of carbonyl (C=O) groups is 3. The molecule has 0 aromatic rings. The van der Waals surface area contributed by atoms with E-state index in [1.807, 2.05) is 0 Å². The van der Waals surface area contributed by atoms with Gasteiger partial charge in [0.15, 0.2) is 0 Å². The molecule has 15 heavy (non-hydrogen) atoms. The van der Waals surface area contributed by atoms with Crippen molar-refractivity contribution in [1.29, 1.82) is 0 Å². The maximum absolute atomic E-state index is 10.6. The third-order valence-electron chi connectivity index (χ3n) is 1.20. The third kappa shape index (κ3) is 7.58. The molecule has 0 fully saturated rings. The zero-order chi connectivity index (χ0) is 11.7. The summed E-state index contributed by atoms with van der Waals surface area (Å²) in [5.41, 5.74) is 0. The highest BCUT2D eigenvalue weighted by atomic mass is 127. The lowest BCUT2D eigenvalue weighted by Gasteiger charge is -2.10. The van der Waals surface area contributed by atoms with Crippen molar-refractivity contribution in [2.24, 2.45) is 5.92 Å². The first kappa shape index (κ1) is 14.7. The Bertz CT molecular complexity index is 218. The van der Waals surface area contributed by atoms with E-state index < -0.39 is 18.1 Å². The summed E-state index contributed by atoms with van der Waals surface area (Å²) in [5, 5.41) is 0. The van der Waals surface area contributed by atoms with E-state index in [0.29, 0.717) is 6.29 Å². The fourth-order valence-corrected chi connectivity index (χ4v) is 0.858. The number of hydrogen-bond donors (Lipinski definition) is 2. The average molecular weight is 442 g/mol. The number of nitrogens with one attached hydrogen (secondary N) is 2. The smallest absolute Gasteiger partial charge is 0.415 e. The summed E-state index contributed by atoms with van der Waals surface area (Å²) in [6, 6.07) is 0. The molecule has 0 aliphatic heterocycles. The predicted molar refractivity (Wildman–Crippen MR) is 66.6 cm³/mol. The van der Waals surface area contributed by atoms with Crippen LogP contribution in [-0.2, 0) is 14.3 Å². The first-order chi connectivity index (χ1) is 7.13. The lowest BCUT2D eigenvalue weighted by atomic mass is 10.2. The van der Waals surface area contributed by atoms with E-state index in [4.69, 9.17) is 0 Å². The van der Waals surface area contributed by atoms with Crippen LogP contribution in [0.5, 0.6) is 0 Å². The normalized spacial score (nSPS) is 9.27. The minimum atomic E-state index is -0.660. The van der Waals surface area contributed by atoms with Crippen molar-refractivity contribution in [3.05, 3.63) is 0 Å². The predicted octanol–water partition coefficient (Wildman–Crippen LogP) is 0.954. The second-order valence-electron chi connectivity index (χ2n) is 2.28. The van der Waals surface area contributed by atoms with Crippen LogP contribution in [0.3, 0.4) is 0 Å². The lowest BCUT2D eigenvalue weighted by Crippen LogP contribution is -2.25. The molecule has 0 radical (unpaired) electrons. The van der Waals surface area contributed by atoms with Crippen LogP contribution < -0.4 is 7.06 Å². The quantitative estimate of drug-likeness (QED) is 0.376. The molecular formula is C6H8I2N2O5. The molecule has 86 valence electrons. The number of ether oxygens (including phenoxy) is 2. The molecule has 0 spiro atoms. The van der Waals surface area contributed by atoms with Crippen molar-refractivity contribution in [3.8, 4) is 0 Å². The van der Waals surface area contributed by atoms with Gasteiger partial charge >= 0.3 is 12.2 Å². The van der Waals surface area contributed by atoms with Crippen molar-refractivity contribution in [2.45, 2.75) is 0 Å². The molecule has 0 saturated carbocycles. The largest absolute Gasteiger partial charge is 0.448 e. The van der Waals surface area contributed by atoms with Gasteiger partial charge < -0.3 is 14.3 Å². The molecule has 2 amide bonds.